The maximum atomic E-state index is 10.2. The smallest absolute Gasteiger partial charge is 0.126 e. The van der Waals surface area contributed by atoms with Crippen molar-refractivity contribution in [2.24, 2.45) is 0 Å². The van der Waals surface area contributed by atoms with Crippen LogP contribution in [0, 0.1) is 0 Å². The molecule has 21 heavy (non-hydrogen) atoms. The highest BCUT2D eigenvalue weighted by Gasteiger charge is 2.26. The molecule has 0 aromatic heterocycles. The van der Waals surface area contributed by atoms with Crippen molar-refractivity contribution < 1.29 is 9.84 Å². The third-order valence-corrected chi connectivity index (χ3v) is 4.36. The van der Waals surface area contributed by atoms with Crippen molar-refractivity contribution in [3.63, 3.8) is 0 Å². The molecule has 1 heterocycles. The fraction of sp³-hybridized carbons (Fsp3) is 0.647. The van der Waals surface area contributed by atoms with Gasteiger partial charge in [-0.2, -0.15) is 0 Å². The Morgan fingerprint density at radius 2 is 2.14 bits per heavy atom. The van der Waals surface area contributed by atoms with E-state index in [1.54, 1.807) is 7.11 Å². The monoisotopic (exact) mass is 292 g/mol. The summed E-state index contributed by atoms with van der Waals surface area (Å²) >= 11 is 0. The lowest BCUT2D eigenvalue weighted by atomic mass is 10.0. The first kappa shape index (κ1) is 16.1. The van der Waals surface area contributed by atoms with Gasteiger partial charge in [-0.3, -0.25) is 0 Å². The third-order valence-electron chi connectivity index (χ3n) is 4.36. The van der Waals surface area contributed by atoms with E-state index in [-0.39, 0.29) is 0 Å². The Balaban J connectivity index is 2.43. The molecule has 2 rings (SSSR count). The van der Waals surface area contributed by atoms with E-state index < -0.39 is 6.10 Å². The predicted octanol–water partition coefficient (Wildman–Crippen LogP) is 2.67. The molecule has 1 fully saturated rings. The fourth-order valence-electron chi connectivity index (χ4n) is 3.29. The minimum absolute atomic E-state index is 0.474. The van der Waals surface area contributed by atoms with Gasteiger partial charge in [0.1, 0.15) is 5.75 Å². The van der Waals surface area contributed by atoms with Crippen LogP contribution in [0.3, 0.4) is 0 Å². The molecule has 0 saturated carbocycles. The van der Waals surface area contributed by atoms with Crippen molar-refractivity contribution in [3.8, 4) is 5.75 Å². The van der Waals surface area contributed by atoms with Crippen molar-refractivity contribution in [2.75, 3.05) is 38.7 Å². The van der Waals surface area contributed by atoms with Crippen LogP contribution in [0.15, 0.2) is 18.2 Å². The highest BCUT2D eigenvalue weighted by atomic mass is 16.5. The van der Waals surface area contributed by atoms with Crippen LogP contribution < -0.4 is 9.64 Å². The average molecular weight is 292 g/mol. The van der Waals surface area contributed by atoms with Gasteiger partial charge in [0.25, 0.3) is 0 Å². The first-order valence-electron chi connectivity index (χ1n) is 7.88. The van der Waals surface area contributed by atoms with Crippen LogP contribution in [0.2, 0.25) is 0 Å². The van der Waals surface area contributed by atoms with Gasteiger partial charge in [0.15, 0.2) is 0 Å². The molecule has 0 amide bonds. The lowest BCUT2D eigenvalue weighted by Gasteiger charge is -2.34. The Bertz CT molecular complexity index is 462. The normalized spacial score (nSPS) is 22.0. The van der Waals surface area contributed by atoms with E-state index in [0.29, 0.717) is 6.04 Å². The van der Waals surface area contributed by atoms with Crippen molar-refractivity contribution >= 4 is 5.69 Å². The highest BCUT2D eigenvalue weighted by molar-refractivity contribution is 5.61. The van der Waals surface area contributed by atoms with E-state index in [4.69, 9.17) is 4.74 Å². The Morgan fingerprint density at radius 1 is 1.38 bits per heavy atom. The molecule has 0 aliphatic carbocycles. The molecule has 118 valence electrons. The molecule has 1 aromatic carbocycles. The summed E-state index contributed by atoms with van der Waals surface area (Å²) in [5.41, 5.74) is 2.02. The largest absolute Gasteiger partial charge is 0.496 e. The molecule has 1 saturated heterocycles. The summed E-state index contributed by atoms with van der Waals surface area (Å²) in [6, 6.07) is 6.53. The molecule has 1 unspecified atom stereocenters. The van der Waals surface area contributed by atoms with E-state index in [2.05, 4.69) is 29.8 Å². The number of likely N-dealkylation sites (N-methyl/N-ethyl adjacent to an activating group) is 1. The van der Waals surface area contributed by atoms with Gasteiger partial charge in [-0.25, -0.2) is 0 Å². The van der Waals surface area contributed by atoms with Gasteiger partial charge in [0.05, 0.1) is 13.2 Å². The molecule has 4 nitrogen and oxygen atoms in total. The van der Waals surface area contributed by atoms with Gasteiger partial charge in [-0.1, -0.05) is 13.0 Å². The number of rotatable bonds is 4. The zero-order valence-electron chi connectivity index (χ0n) is 13.7. The molecule has 4 heteroatoms. The van der Waals surface area contributed by atoms with Crippen molar-refractivity contribution in [3.05, 3.63) is 23.8 Å². The minimum atomic E-state index is -0.533. The summed E-state index contributed by atoms with van der Waals surface area (Å²) in [4.78, 5) is 4.85. The number of ether oxygens (including phenoxy) is 1. The minimum Gasteiger partial charge on any atom is -0.496 e. The van der Waals surface area contributed by atoms with Crippen LogP contribution in [-0.4, -0.2) is 49.8 Å². The first-order chi connectivity index (χ1) is 10.1. The van der Waals surface area contributed by atoms with Gasteiger partial charge in [-0.15, -0.1) is 0 Å². The summed E-state index contributed by atoms with van der Waals surface area (Å²) in [5, 5.41) is 10.2. The van der Waals surface area contributed by atoms with Crippen molar-refractivity contribution in [1.82, 2.24) is 4.90 Å². The first-order valence-corrected chi connectivity index (χ1v) is 7.88. The number of benzene rings is 1. The molecule has 1 aromatic rings. The number of anilines is 1. The Labute approximate surface area is 128 Å². The molecule has 1 aliphatic rings. The van der Waals surface area contributed by atoms with Crippen LogP contribution in [0.4, 0.5) is 5.69 Å². The molecule has 1 N–H and O–H groups in total. The predicted molar refractivity (Wildman–Crippen MR) is 87.2 cm³/mol. The van der Waals surface area contributed by atoms with Crippen molar-refractivity contribution in [1.29, 1.82) is 0 Å². The lowest BCUT2D eigenvalue weighted by molar-refractivity contribution is 0.194. The topological polar surface area (TPSA) is 35.9 Å². The van der Waals surface area contributed by atoms with E-state index in [1.165, 1.54) is 0 Å². The third kappa shape index (κ3) is 3.50. The Kier molecular flexibility index (Phi) is 5.48. The zero-order valence-corrected chi connectivity index (χ0v) is 13.7. The van der Waals surface area contributed by atoms with E-state index >= 15 is 0 Å². The van der Waals surface area contributed by atoms with Crippen LogP contribution in [0.25, 0.3) is 0 Å². The molecular weight excluding hydrogens is 264 g/mol. The van der Waals surface area contributed by atoms with E-state index in [0.717, 1.165) is 49.5 Å². The highest BCUT2D eigenvalue weighted by Crippen LogP contribution is 2.36. The average Bonchev–Trinajstić information content (AvgIpc) is 2.67. The molecule has 0 radical (unpaired) electrons. The second-order valence-electron chi connectivity index (χ2n) is 5.94. The lowest BCUT2D eigenvalue weighted by Crippen LogP contribution is -2.40. The summed E-state index contributed by atoms with van der Waals surface area (Å²) in [6.45, 7) is 7.26. The maximum Gasteiger partial charge on any atom is 0.126 e. The van der Waals surface area contributed by atoms with Crippen LogP contribution >= 0.6 is 0 Å². The van der Waals surface area contributed by atoms with Crippen LogP contribution in [-0.2, 0) is 0 Å². The standard InChI is InChI=1S/C17H28N2O2/c1-5-14-12-18(3)10-7-11-19(14)15-8-6-9-16(21-4)17(15)13(2)20/h6,8-9,13-14,20H,5,7,10-12H2,1-4H3/t13-,14?/m0/s1. The summed E-state index contributed by atoms with van der Waals surface area (Å²) in [5.74, 6) is 0.773. The molecule has 0 bridgehead atoms. The number of methoxy groups -OCH3 is 1. The number of aliphatic hydroxyl groups excluding tert-OH is 1. The molecule has 1 aliphatic heterocycles. The van der Waals surface area contributed by atoms with Gasteiger partial charge < -0.3 is 19.6 Å². The summed E-state index contributed by atoms with van der Waals surface area (Å²) < 4.78 is 5.46. The van der Waals surface area contributed by atoms with Crippen LogP contribution in [0.5, 0.6) is 5.75 Å². The second kappa shape index (κ2) is 7.14. The van der Waals surface area contributed by atoms with Gasteiger partial charge in [0, 0.05) is 30.4 Å². The van der Waals surface area contributed by atoms with Crippen LogP contribution in [0.1, 0.15) is 38.4 Å². The Hall–Kier alpha value is -1.26. The van der Waals surface area contributed by atoms with Gasteiger partial charge >= 0.3 is 0 Å². The molecule has 2 atom stereocenters. The quantitative estimate of drug-likeness (QED) is 0.925. The van der Waals surface area contributed by atoms with E-state index in [9.17, 15) is 5.11 Å². The maximum absolute atomic E-state index is 10.2. The molecule has 0 spiro atoms. The van der Waals surface area contributed by atoms with Gasteiger partial charge in [0.2, 0.25) is 0 Å². The zero-order chi connectivity index (χ0) is 15.4. The number of aliphatic hydroxyl groups is 1. The van der Waals surface area contributed by atoms with Gasteiger partial charge in [-0.05, 0) is 45.5 Å². The number of hydrogen-bond donors (Lipinski definition) is 1. The number of hydrogen-bond acceptors (Lipinski definition) is 4. The van der Waals surface area contributed by atoms with Crippen molar-refractivity contribution in [2.45, 2.75) is 38.8 Å². The SMILES string of the molecule is CCC1CN(C)CCCN1c1cccc(OC)c1[C@H](C)O. The number of nitrogens with zero attached hydrogens (tertiary/aromatic N) is 2. The Morgan fingerprint density at radius 3 is 2.76 bits per heavy atom. The van der Waals surface area contributed by atoms with E-state index in [1.807, 2.05) is 19.1 Å². The summed E-state index contributed by atoms with van der Waals surface area (Å²) in [6.07, 6.45) is 1.71. The molecular formula is C17H28N2O2. The fourth-order valence-corrected chi connectivity index (χ4v) is 3.29. The second-order valence-corrected chi connectivity index (χ2v) is 5.94. The summed E-state index contributed by atoms with van der Waals surface area (Å²) in [7, 11) is 3.85.